The Morgan fingerprint density at radius 2 is 1.96 bits per heavy atom. The molecule has 9 nitrogen and oxygen atoms in total. The zero-order chi connectivity index (χ0) is 17.6. The molecule has 126 valence electrons. The summed E-state index contributed by atoms with van der Waals surface area (Å²) < 4.78 is 10.3. The van der Waals surface area contributed by atoms with Crippen molar-refractivity contribution >= 4 is 17.8 Å². The zero-order valence-corrected chi connectivity index (χ0v) is 12.8. The number of carbonyl (C=O) groups excluding carboxylic acids is 1. The maximum absolute atomic E-state index is 11.7. The van der Waals surface area contributed by atoms with Crippen molar-refractivity contribution in [2.75, 3.05) is 5.32 Å². The Hall–Kier alpha value is -3.75. The Morgan fingerprint density at radius 1 is 1.16 bits per heavy atom. The van der Waals surface area contributed by atoms with Gasteiger partial charge < -0.3 is 9.15 Å². The largest absolute Gasteiger partial charge is 0.444 e. The summed E-state index contributed by atoms with van der Waals surface area (Å²) in [5, 5.41) is 20.5. The van der Waals surface area contributed by atoms with Crippen LogP contribution in [0.15, 0.2) is 59.0 Å². The number of carbonyl (C=O) groups is 1. The van der Waals surface area contributed by atoms with Crippen molar-refractivity contribution in [3.8, 4) is 11.5 Å². The van der Waals surface area contributed by atoms with Gasteiger partial charge in [-0.15, -0.1) is 5.10 Å². The number of nitrogens with zero attached hydrogens (tertiary/aromatic N) is 3. The lowest BCUT2D eigenvalue weighted by Gasteiger charge is -2.03. The molecule has 0 bridgehead atoms. The summed E-state index contributed by atoms with van der Waals surface area (Å²) in [7, 11) is 0. The van der Waals surface area contributed by atoms with Crippen molar-refractivity contribution in [3.05, 3.63) is 70.3 Å². The third kappa shape index (κ3) is 4.16. The van der Waals surface area contributed by atoms with E-state index in [0.717, 1.165) is 5.56 Å². The van der Waals surface area contributed by atoms with Gasteiger partial charge in [0.15, 0.2) is 0 Å². The van der Waals surface area contributed by atoms with Gasteiger partial charge in [0.2, 0.25) is 5.89 Å². The van der Waals surface area contributed by atoms with Gasteiger partial charge in [-0.2, -0.15) is 0 Å². The standard InChI is InChI=1S/C16H12N4O5/c21-16(24-10-11-5-2-1-3-6-11)17-15-19-18-14(25-15)12-7-4-8-13(9-12)20(22)23/h1-9H,10H2,(H,17,19,21). The van der Waals surface area contributed by atoms with Crippen molar-refractivity contribution in [2.45, 2.75) is 6.61 Å². The molecule has 0 aliphatic heterocycles. The van der Waals surface area contributed by atoms with Crippen molar-refractivity contribution < 1.29 is 18.9 Å². The lowest BCUT2D eigenvalue weighted by atomic mass is 10.2. The minimum Gasteiger partial charge on any atom is -0.444 e. The number of aromatic nitrogens is 2. The summed E-state index contributed by atoms with van der Waals surface area (Å²) in [6.07, 6.45) is -0.752. The molecule has 2 aromatic carbocycles. The first kappa shape index (κ1) is 16.1. The topological polar surface area (TPSA) is 120 Å². The van der Waals surface area contributed by atoms with Gasteiger partial charge in [0, 0.05) is 17.7 Å². The number of anilines is 1. The van der Waals surface area contributed by atoms with Crippen LogP contribution in [-0.2, 0) is 11.3 Å². The number of nitrogens with one attached hydrogen (secondary N) is 1. The third-order valence-corrected chi connectivity index (χ3v) is 3.15. The molecule has 0 aliphatic carbocycles. The zero-order valence-electron chi connectivity index (χ0n) is 12.8. The fourth-order valence-electron chi connectivity index (χ4n) is 1.99. The second-order valence-corrected chi connectivity index (χ2v) is 4.91. The van der Waals surface area contributed by atoms with Gasteiger partial charge >= 0.3 is 12.1 Å². The molecule has 0 radical (unpaired) electrons. The van der Waals surface area contributed by atoms with Crippen molar-refractivity contribution in [1.29, 1.82) is 0 Å². The number of benzene rings is 2. The molecular formula is C16H12N4O5. The molecule has 0 saturated heterocycles. The third-order valence-electron chi connectivity index (χ3n) is 3.15. The molecule has 0 fully saturated rings. The second-order valence-electron chi connectivity index (χ2n) is 4.91. The van der Waals surface area contributed by atoms with Crippen LogP contribution in [0.1, 0.15) is 5.56 Å². The van der Waals surface area contributed by atoms with E-state index in [4.69, 9.17) is 9.15 Å². The second kappa shape index (κ2) is 7.21. The normalized spacial score (nSPS) is 10.2. The molecule has 3 rings (SSSR count). The molecule has 1 aromatic heterocycles. The maximum atomic E-state index is 11.7. The number of nitro benzene ring substituents is 1. The molecule has 0 atom stereocenters. The van der Waals surface area contributed by atoms with Crippen LogP contribution in [-0.4, -0.2) is 21.2 Å². The number of hydrogen-bond donors (Lipinski definition) is 1. The van der Waals surface area contributed by atoms with Gasteiger partial charge in [-0.3, -0.25) is 10.1 Å². The molecule has 0 saturated carbocycles. The van der Waals surface area contributed by atoms with Crippen LogP contribution in [0.5, 0.6) is 0 Å². The summed E-state index contributed by atoms with van der Waals surface area (Å²) in [4.78, 5) is 22.0. The van der Waals surface area contributed by atoms with Crippen LogP contribution < -0.4 is 5.32 Å². The van der Waals surface area contributed by atoms with Crippen LogP contribution in [0.4, 0.5) is 16.5 Å². The molecular weight excluding hydrogens is 328 g/mol. The number of nitro groups is 1. The van der Waals surface area contributed by atoms with Gasteiger partial charge in [-0.05, 0) is 11.6 Å². The van der Waals surface area contributed by atoms with Crippen molar-refractivity contribution in [2.24, 2.45) is 0 Å². The van der Waals surface area contributed by atoms with Crippen LogP contribution >= 0.6 is 0 Å². The smallest absolute Gasteiger partial charge is 0.415 e. The fraction of sp³-hybridized carbons (Fsp3) is 0.0625. The molecule has 1 N–H and O–H groups in total. The monoisotopic (exact) mass is 340 g/mol. The molecule has 1 heterocycles. The average molecular weight is 340 g/mol. The predicted octanol–water partition coefficient (Wildman–Crippen LogP) is 3.39. The summed E-state index contributed by atoms with van der Waals surface area (Å²) >= 11 is 0. The van der Waals surface area contributed by atoms with E-state index in [1.54, 1.807) is 6.07 Å². The van der Waals surface area contributed by atoms with E-state index in [-0.39, 0.29) is 24.2 Å². The Labute approximate surface area is 141 Å². The minimum absolute atomic E-state index is 0.0436. The van der Waals surface area contributed by atoms with Crippen LogP contribution in [0, 0.1) is 10.1 Å². The SMILES string of the molecule is O=C(Nc1nnc(-c2cccc([N+](=O)[O-])c2)o1)OCc1ccccc1. The minimum atomic E-state index is -0.752. The first-order chi connectivity index (χ1) is 12.1. The lowest BCUT2D eigenvalue weighted by molar-refractivity contribution is -0.384. The molecule has 0 aliphatic rings. The Kier molecular flexibility index (Phi) is 4.65. The Morgan fingerprint density at radius 3 is 2.72 bits per heavy atom. The first-order valence-corrected chi connectivity index (χ1v) is 7.18. The van der Waals surface area contributed by atoms with E-state index < -0.39 is 11.0 Å². The van der Waals surface area contributed by atoms with Crippen LogP contribution in [0.3, 0.4) is 0 Å². The highest BCUT2D eigenvalue weighted by Crippen LogP contribution is 2.23. The van der Waals surface area contributed by atoms with E-state index in [0.29, 0.717) is 5.56 Å². The highest BCUT2D eigenvalue weighted by atomic mass is 16.6. The molecule has 0 spiro atoms. The number of hydrogen-bond acceptors (Lipinski definition) is 7. The predicted molar refractivity (Wildman–Crippen MR) is 86.6 cm³/mol. The highest BCUT2D eigenvalue weighted by molar-refractivity contribution is 5.81. The molecule has 1 amide bonds. The summed E-state index contributed by atoms with van der Waals surface area (Å²) in [6.45, 7) is 0.0958. The summed E-state index contributed by atoms with van der Waals surface area (Å²) in [6, 6.07) is 14.7. The van der Waals surface area contributed by atoms with Gasteiger partial charge in [0.05, 0.1) is 4.92 Å². The highest BCUT2D eigenvalue weighted by Gasteiger charge is 2.14. The van der Waals surface area contributed by atoms with E-state index >= 15 is 0 Å². The number of amides is 1. The van der Waals surface area contributed by atoms with Gasteiger partial charge in [0.25, 0.3) is 5.69 Å². The summed E-state index contributed by atoms with van der Waals surface area (Å²) in [5.41, 5.74) is 1.10. The molecule has 0 unspecified atom stereocenters. The van der Waals surface area contributed by atoms with Gasteiger partial charge in [0.1, 0.15) is 6.61 Å². The van der Waals surface area contributed by atoms with Crippen LogP contribution in [0.2, 0.25) is 0 Å². The van der Waals surface area contributed by atoms with Crippen molar-refractivity contribution in [3.63, 3.8) is 0 Å². The van der Waals surface area contributed by atoms with Crippen LogP contribution in [0.25, 0.3) is 11.5 Å². The van der Waals surface area contributed by atoms with Gasteiger partial charge in [-0.1, -0.05) is 41.5 Å². The maximum Gasteiger partial charge on any atom is 0.415 e. The number of non-ortho nitro benzene ring substituents is 1. The lowest BCUT2D eigenvalue weighted by Crippen LogP contribution is -2.13. The number of ether oxygens (including phenoxy) is 1. The van der Waals surface area contributed by atoms with E-state index in [2.05, 4.69) is 15.5 Å². The fourth-order valence-corrected chi connectivity index (χ4v) is 1.99. The Balaban J connectivity index is 1.62. The summed E-state index contributed by atoms with van der Waals surface area (Å²) in [5.74, 6) is 0.0436. The first-order valence-electron chi connectivity index (χ1n) is 7.18. The van der Waals surface area contributed by atoms with E-state index in [1.165, 1.54) is 18.2 Å². The quantitative estimate of drug-likeness (QED) is 0.558. The molecule has 25 heavy (non-hydrogen) atoms. The average Bonchev–Trinajstić information content (AvgIpc) is 3.09. The number of rotatable bonds is 5. The van der Waals surface area contributed by atoms with Crippen molar-refractivity contribution in [1.82, 2.24) is 10.2 Å². The van der Waals surface area contributed by atoms with E-state index in [9.17, 15) is 14.9 Å². The van der Waals surface area contributed by atoms with Gasteiger partial charge in [-0.25, -0.2) is 10.1 Å². The Bertz CT molecular complexity index is 894. The van der Waals surface area contributed by atoms with E-state index in [1.807, 2.05) is 30.3 Å². The molecule has 3 aromatic rings. The molecule has 9 heteroatoms.